The molecule has 1 N–H and O–H groups in total. The Morgan fingerprint density at radius 3 is 2.60 bits per heavy atom. The van der Waals surface area contributed by atoms with Gasteiger partial charge in [0.25, 0.3) is 0 Å². The molecule has 30 heavy (non-hydrogen) atoms. The molecule has 0 aliphatic rings. The summed E-state index contributed by atoms with van der Waals surface area (Å²) in [5, 5.41) is 11.9. The Morgan fingerprint density at radius 1 is 1.03 bits per heavy atom. The fraction of sp³-hybridized carbons (Fsp3) is 0.0952. The van der Waals surface area contributed by atoms with Crippen LogP contribution in [0.1, 0.15) is 17.3 Å². The van der Waals surface area contributed by atoms with E-state index in [0.717, 1.165) is 0 Å². The van der Waals surface area contributed by atoms with Gasteiger partial charge in [0.05, 0.1) is 5.75 Å². The lowest BCUT2D eigenvalue weighted by molar-refractivity contribution is -0.113. The first-order chi connectivity index (χ1) is 14.6. The molecule has 0 spiro atoms. The number of nitrogens with one attached hydrogen (secondary N) is 1. The largest absolute Gasteiger partial charge is 0.325 e. The van der Waals surface area contributed by atoms with E-state index in [1.807, 2.05) is 47.4 Å². The molecular weight excluding hydrogens is 400 g/mol. The zero-order valence-corrected chi connectivity index (χ0v) is 16.9. The van der Waals surface area contributed by atoms with Gasteiger partial charge in [-0.2, -0.15) is 0 Å². The maximum absolute atomic E-state index is 12.4. The summed E-state index contributed by atoms with van der Waals surface area (Å²) in [7, 11) is 0. The summed E-state index contributed by atoms with van der Waals surface area (Å²) in [6.07, 6.45) is 5.43. The number of amides is 1. The van der Waals surface area contributed by atoms with E-state index < -0.39 is 0 Å². The van der Waals surface area contributed by atoms with Gasteiger partial charge in [-0.05, 0) is 43.3 Å². The minimum absolute atomic E-state index is 0.0534. The monoisotopic (exact) mass is 418 g/mol. The molecule has 0 aliphatic heterocycles. The third kappa shape index (κ3) is 4.31. The van der Waals surface area contributed by atoms with Crippen LogP contribution in [0, 0.1) is 0 Å². The van der Waals surface area contributed by atoms with Crippen molar-refractivity contribution >= 4 is 29.1 Å². The molecule has 1 aromatic carbocycles. The predicted molar refractivity (Wildman–Crippen MR) is 114 cm³/mol. The molecule has 9 heteroatoms. The second-order valence-corrected chi connectivity index (χ2v) is 7.31. The average Bonchev–Trinajstić information content (AvgIpc) is 3.42. The third-order valence-electron chi connectivity index (χ3n) is 4.21. The summed E-state index contributed by atoms with van der Waals surface area (Å²) in [6, 6.07) is 16.2. The molecule has 0 fully saturated rings. The minimum Gasteiger partial charge on any atom is -0.325 e. The van der Waals surface area contributed by atoms with Crippen LogP contribution >= 0.6 is 11.8 Å². The first-order valence-corrected chi connectivity index (χ1v) is 10.1. The van der Waals surface area contributed by atoms with Crippen molar-refractivity contribution in [3.63, 3.8) is 0 Å². The van der Waals surface area contributed by atoms with E-state index in [0.29, 0.717) is 27.9 Å². The highest BCUT2D eigenvalue weighted by Crippen LogP contribution is 2.23. The summed E-state index contributed by atoms with van der Waals surface area (Å²) in [5.41, 5.74) is 1.80. The van der Waals surface area contributed by atoms with E-state index in [1.165, 1.54) is 18.7 Å². The van der Waals surface area contributed by atoms with Crippen molar-refractivity contribution in [2.24, 2.45) is 0 Å². The van der Waals surface area contributed by atoms with Crippen molar-refractivity contribution < 1.29 is 9.59 Å². The Morgan fingerprint density at radius 2 is 1.87 bits per heavy atom. The Hall–Kier alpha value is -3.72. The second-order valence-electron chi connectivity index (χ2n) is 6.37. The standard InChI is InChI=1S/C21H18N6O2S/c1-15(28)16-7-6-8-17(13-16)23-19(29)14-30-21-25-24-20(18-9-2-3-10-22-18)27(21)26-11-4-5-12-26/h2-13H,14H2,1H3,(H,23,29). The maximum atomic E-state index is 12.4. The number of thioether (sulfide) groups is 1. The number of nitrogens with zero attached hydrogens (tertiary/aromatic N) is 5. The van der Waals surface area contributed by atoms with Crippen LogP contribution < -0.4 is 5.32 Å². The predicted octanol–water partition coefficient (Wildman–Crippen LogP) is 3.39. The first kappa shape index (κ1) is 19.6. The van der Waals surface area contributed by atoms with Gasteiger partial charge < -0.3 is 5.32 Å². The third-order valence-corrected chi connectivity index (χ3v) is 5.13. The first-order valence-electron chi connectivity index (χ1n) is 9.16. The maximum Gasteiger partial charge on any atom is 0.234 e. The Kier molecular flexibility index (Phi) is 5.71. The average molecular weight is 418 g/mol. The van der Waals surface area contributed by atoms with E-state index in [2.05, 4.69) is 20.5 Å². The topological polar surface area (TPSA) is 94.7 Å². The molecule has 0 saturated heterocycles. The smallest absolute Gasteiger partial charge is 0.234 e. The quantitative estimate of drug-likeness (QED) is 0.365. The van der Waals surface area contributed by atoms with Gasteiger partial charge in [0.2, 0.25) is 16.9 Å². The van der Waals surface area contributed by atoms with E-state index in [-0.39, 0.29) is 17.4 Å². The fourth-order valence-corrected chi connectivity index (χ4v) is 3.55. The van der Waals surface area contributed by atoms with Crippen LogP contribution in [0.5, 0.6) is 0 Å². The lowest BCUT2D eigenvalue weighted by atomic mass is 10.1. The summed E-state index contributed by atoms with van der Waals surface area (Å²) in [4.78, 5) is 28.3. The van der Waals surface area contributed by atoms with Gasteiger partial charge in [0.15, 0.2) is 5.78 Å². The molecule has 3 heterocycles. The van der Waals surface area contributed by atoms with Crippen molar-refractivity contribution in [3.8, 4) is 11.5 Å². The van der Waals surface area contributed by atoms with E-state index in [4.69, 9.17) is 0 Å². The van der Waals surface area contributed by atoms with Crippen molar-refractivity contribution in [1.82, 2.24) is 24.5 Å². The van der Waals surface area contributed by atoms with Crippen LogP contribution in [-0.4, -0.2) is 42.0 Å². The number of carbonyl (C=O) groups is 2. The highest BCUT2D eigenvalue weighted by molar-refractivity contribution is 7.99. The number of pyridine rings is 1. The number of Topliss-reactive ketones (excluding diaryl/α,β-unsaturated/α-hetero) is 1. The molecule has 0 radical (unpaired) electrons. The number of anilines is 1. The van der Waals surface area contributed by atoms with Crippen LogP contribution in [0.15, 0.2) is 78.3 Å². The SMILES string of the molecule is CC(=O)c1cccc(NC(=O)CSc2nnc(-c3ccccn3)n2-n2cccc2)c1. The van der Waals surface area contributed by atoms with Crippen molar-refractivity contribution in [1.29, 1.82) is 0 Å². The van der Waals surface area contributed by atoms with Crippen LogP contribution in [0.3, 0.4) is 0 Å². The highest BCUT2D eigenvalue weighted by atomic mass is 32.2. The van der Waals surface area contributed by atoms with Gasteiger partial charge in [0, 0.05) is 29.8 Å². The molecule has 1 amide bonds. The number of ketones is 1. The van der Waals surface area contributed by atoms with Gasteiger partial charge in [-0.1, -0.05) is 30.0 Å². The van der Waals surface area contributed by atoms with E-state index in [9.17, 15) is 9.59 Å². The number of rotatable bonds is 7. The lowest BCUT2D eigenvalue weighted by Crippen LogP contribution is -2.16. The zero-order chi connectivity index (χ0) is 20.9. The van der Waals surface area contributed by atoms with Gasteiger partial charge in [-0.15, -0.1) is 10.2 Å². The Bertz CT molecular complexity index is 1170. The van der Waals surface area contributed by atoms with Gasteiger partial charge >= 0.3 is 0 Å². The number of benzene rings is 1. The molecule has 3 aromatic heterocycles. The summed E-state index contributed by atoms with van der Waals surface area (Å²) >= 11 is 1.26. The molecule has 8 nitrogen and oxygen atoms in total. The lowest BCUT2D eigenvalue weighted by Gasteiger charge is -2.11. The van der Waals surface area contributed by atoms with Crippen molar-refractivity contribution in [3.05, 3.63) is 78.8 Å². The number of hydrogen-bond acceptors (Lipinski definition) is 6. The van der Waals surface area contributed by atoms with Crippen LogP contribution in [0.4, 0.5) is 5.69 Å². The Labute approximate surface area is 176 Å². The molecule has 4 aromatic rings. The second kappa shape index (κ2) is 8.75. The van der Waals surface area contributed by atoms with Gasteiger partial charge in [-0.3, -0.25) is 19.2 Å². The molecule has 0 saturated carbocycles. The van der Waals surface area contributed by atoms with Crippen molar-refractivity contribution in [2.75, 3.05) is 11.1 Å². The molecule has 0 unspecified atom stereocenters. The van der Waals surface area contributed by atoms with E-state index >= 15 is 0 Å². The highest BCUT2D eigenvalue weighted by Gasteiger charge is 2.17. The molecule has 0 atom stereocenters. The van der Waals surface area contributed by atoms with Crippen LogP contribution in [-0.2, 0) is 4.79 Å². The molecule has 0 aliphatic carbocycles. The summed E-state index contributed by atoms with van der Waals surface area (Å²) in [6.45, 7) is 1.49. The number of hydrogen-bond donors (Lipinski definition) is 1. The summed E-state index contributed by atoms with van der Waals surface area (Å²) in [5.74, 6) is 0.444. The van der Waals surface area contributed by atoms with Crippen LogP contribution in [0.2, 0.25) is 0 Å². The van der Waals surface area contributed by atoms with E-state index in [1.54, 1.807) is 35.1 Å². The van der Waals surface area contributed by atoms with Gasteiger partial charge in [0.1, 0.15) is 5.69 Å². The normalized spacial score (nSPS) is 10.7. The Balaban J connectivity index is 1.52. The van der Waals surface area contributed by atoms with Crippen LogP contribution in [0.25, 0.3) is 11.5 Å². The fourth-order valence-electron chi connectivity index (χ4n) is 2.82. The van der Waals surface area contributed by atoms with Gasteiger partial charge in [-0.25, -0.2) is 4.68 Å². The zero-order valence-electron chi connectivity index (χ0n) is 16.1. The molecule has 150 valence electrons. The summed E-state index contributed by atoms with van der Waals surface area (Å²) < 4.78 is 3.64. The minimum atomic E-state index is -0.206. The molecule has 0 bridgehead atoms. The van der Waals surface area contributed by atoms with Crippen molar-refractivity contribution in [2.45, 2.75) is 12.1 Å². The molecule has 4 rings (SSSR count). The number of aromatic nitrogens is 5. The molecular formula is C21H18N6O2S. The number of carbonyl (C=O) groups excluding carboxylic acids is 2.